The van der Waals surface area contributed by atoms with Gasteiger partial charge in [-0.3, -0.25) is 4.79 Å². The van der Waals surface area contributed by atoms with Crippen molar-refractivity contribution in [2.24, 2.45) is 0 Å². The van der Waals surface area contributed by atoms with Crippen molar-refractivity contribution in [2.45, 2.75) is 44.8 Å². The highest BCUT2D eigenvalue weighted by atomic mass is 35.5. The predicted molar refractivity (Wildman–Crippen MR) is 102 cm³/mol. The van der Waals surface area contributed by atoms with Crippen molar-refractivity contribution in [3.63, 3.8) is 0 Å². The predicted octanol–water partition coefficient (Wildman–Crippen LogP) is 1.08. The van der Waals surface area contributed by atoms with E-state index >= 15 is 0 Å². The molecule has 0 aliphatic carbocycles. The Morgan fingerprint density at radius 3 is 2.74 bits per heavy atom. The number of aromatic amines is 1. The second-order valence-corrected chi connectivity index (χ2v) is 8.08. The molecular weight excluding hydrogens is 392 g/mol. The van der Waals surface area contributed by atoms with Crippen LogP contribution in [0.1, 0.15) is 48.0 Å². The quantitative estimate of drug-likeness (QED) is 0.556. The zero-order chi connectivity index (χ0) is 19.6. The number of imidazole rings is 1. The summed E-state index contributed by atoms with van der Waals surface area (Å²) in [6.07, 6.45) is 2.20. The Labute approximate surface area is 165 Å². The van der Waals surface area contributed by atoms with E-state index in [1.807, 2.05) is 6.92 Å². The zero-order valence-electron chi connectivity index (χ0n) is 15.2. The molecule has 0 bridgehead atoms. The second-order valence-electron chi connectivity index (χ2n) is 6.76. The van der Waals surface area contributed by atoms with Gasteiger partial charge in [-0.05, 0) is 26.2 Å². The number of nitrogens with zero attached hydrogens (tertiary/aromatic N) is 4. The molecule has 1 unspecified atom stereocenters. The number of aliphatic hydroxyl groups is 2. The van der Waals surface area contributed by atoms with Gasteiger partial charge in [-0.25, -0.2) is 4.98 Å². The average Bonchev–Trinajstić information content (AvgIpc) is 3.29. The number of H-pyrrole nitrogens is 1. The van der Waals surface area contributed by atoms with Crippen LogP contribution in [0, 0.1) is 0 Å². The van der Waals surface area contributed by atoms with Gasteiger partial charge in [-0.15, -0.1) is 10.2 Å². The summed E-state index contributed by atoms with van der Waals surface area (Å²) in [5.74, 6) is -0.0217. The molecule has 1 aliphatic rings. The first-order valence-electron chi connectivity index (χ1n) is 8.81. The SMILES string of the molecule is CCc1[nH]c(C(=O)NC2CCN(c3nnc(C(C)(O)CO)s3)CC2)nc1Cl. The number of aromatic nitrogens is 4. The lowest BCUT2D eigenvalue weighted by atomic mass is 10.1. The Morgan fingerprint density at radius 1 is 1.44 bits per heavy atom. The summed E-state index contributed by atoms with van der Waals surface area (Å²) < 4.78 is 0. The van der Waals surface area contributed by atoms with Crippen LogP contribution in [0.5, 0.6) is 0 Å². The van der Waals surface area contributed by atoms with E-state index in [0.717, 1.165) is 18.5 Å². The fourth-order valence-corrected chi connectivity index (χ4v) is 4.03. The van der Waals surface area contributed by atoms with Crippen LogP contribution in [0.4, 0.5) is 5.13 Å². The van der Waals surface area contributed by atoms with E-state index in [1.165, 1.54) is 18.3 Å². The van der Waals surface area contributed by atoms with E-state index < -0.39 is 12.2 Å². The number of aliphatic hydroxyl groups excluding tert-OH is 1. The number of hydrogen-bond acceptors (Lipinski definition) is 8. The van der Waals surface area contributed by atoms with Gasteiger partial charge in [0.2, 0.25) is 5.13 Å². The van der Waals surface area contributed by atoms with Crippen LogP contribution < -0.4 is 10.2 Å². The molecule has 1 amide bonds. The number of anilines is 1. The summed E-state index contributed by atoms with van der Waals surface area (Å²) in [7, 11) is 0. The van der Waals surface area contributed by atoms with Gasteiger partial charge < -0.3 is 25.4 Å². The van der Waals surface area contributed by atoms with Gasteiger partial charge >= 0.3 is 0 Å². The van der Waals surface area contributed by atoms with E-state index in [0.29, 0.717) is 34.8 Å². The molecule has 0 aromatic carbocycles. The maximum absolute atomic E-state index is 12.3. The van der Waals surface area contributed by atoms with Gasteiger partial charge in [-0.2, -0.15) is 0 Å². The van der Waals surface area contributed by atoms with Crippen molar-refractivity contribution in [1.29, 1.82) is 0 Å². The van der Waals surface area contributed by atoms with Crippen LogP contribution in [0.15, 0.2) is 0 Å². The molecule has 2 aromatic heterocycles. The van der Waals surface area contributed by atoms with Gasteiger partial charge in [0, 0.05) is 19.1 Å². The fourth-order valence-electron chi connectivity index (χ4n) is 2.83. The number of hydrogen-bond donors (Lipinski definition) is 4. The van der Waals surface area contributed by atoms with E-state index in [9.17, 15) is 15.0 Å². The molecule has 1 aliphatic heterocycles. The molecule has 1 saturated heterocycles. The summed E-state index contributed by atoms with van der Waals surface area (Å²) in [6, 6.07) is 0.0376. The van der Waals surface area contributed by atoms with Crippen LogP contribution >= 0.6 is 22.9 Å². The summed E-state index contributed by atoms with van der Waals surface area (Å²) in [5, 5.41) is 31.8. The zero-order valence-corrected chi connectivity index (χ0v) is 16.8. The molecule has 0 radical (unpaired) electrons. The summed E-state index contributed by atoms with van der Waals surface area (Å²) in [5.41, 5.74) is -0.633. The largest absolute Gasteiger partial charge is 0.393 e. The highest BCUT2D eigenvalue weighted by Gasteiger charge is 2.29. The Hall–Kier alpha value is -1.75. The van der Waals surface area contributed by atoms with Gasteiger partial charge in [-0.1, -0.05) is 29.9 Å². The second kappa shape index (κ2) is 8.09. The molecule has 0 spiro atoms. The minimum absolute atomic E-state index is 0.0376. The molecule has 1 atom stereocenters. The normalized spacial score (nSPS) is 17.7. The first-order chi connectivity index (χ1) is 12.8. The average molecular weight is 415 g/mol. The molecule has 0 saturated carbocycles. The Balaban J connectivity index is 1.55. The third-order valence-electron chi connectivity index (χ3n) is 4.58. The number of halogens is 1. The van der Waals surface area contributed by atoms with Crippen LogP contribution in [-0.4, -0.2) is 62.0 Å². The van der Waals surface area contributed by atoms with Crippen molar-refractivity contribution >= 4 is 34.0 Å². The molecule has 2 aromatic rings. The highest BCUT2D eigenvalue weighted by Crippen LogP contribution is 2.30. The molecule has 27 heavy (non-hydrogen) atoms. The van der Waals surface area contributed by atoms with Gasteiger partial charge in [0.15, 0.2) is 16.0 Å². The lowest BCUT2D eigenvalue weighted by molar-refractivity contribution is -0.00294. The van der Waals surface area contributed by atoms with E-state index in [4.69, 9.17) is 11.6 Å². The number of rotatable bonds is 6. The summed E-state index contributed by atoms with van der Waals surface area (Å²) >= 11 is 7.26. The third-order valence-corrected chi connectivity index (χ3v) is 6.13. The third kappa shape index (κ3) is 4.40. The van der Waals surface area contributed by atoms with Crippen molar-refractivity contribution in [2.75, 3.05) is 24.6 Å². The monoisotopic (exact) mass is 414 g/mol. The molecule has 3 heterocycles. The van der Waals surface area contributed by atoms with Gasteiger partial charge in [0.1, 0.15) is 5.60 Å². The molecule has 3 rings (SSSR count). The Bertz CT molecular complexity index is 800. The number of carbonyl (C=O) groups excluding carboxylic acids is 1. The van der Waals surface area contributed by atoms with E-state index in [1.54, 1.807) is 0 Å². The maximum Gasteiger partial charge on any atom is 0.287 e. The van der Waals surface area contributed by atoms with Crippen molar-refractivity contribution in [3.8, 4) is 0 Å². The smallest absolute Gasteiger partial charge is 0.287 e. The first-order valence-corrected chi connectivity index (χ1v) is 10.0. The first kappa shape index (κ1) is 20.0. The Morgan fingerprint density at radius 2 is 2.15 bits per heavy atom. The summed E-state index contributed by atoms with van der Waals surface area (Å²) in [6.45, 7) is 4.45. The van der Waals surface area contributed by atoms with Crippen LogP contribution in [0.25, 0.3) is 0 Å². The number of piperidine rings is 1. The lowest BCUT2D eigenvalue weighted by Gasteiger charge is -2.31. The highest BCUT2D eigenvalue weighted by molar-refractivity contribution is 7.15. The molecule has 4 N–H and O–H groups in total. The number of amides is 1. The standard InChI is InChI=1S/C16H23ClN6O3S/c1-3-10-11(17)20-12(19-10)13(25)18-9-4-6-23(7-5-9)15-22-21-14(27-15)16(2,26)8-24/h9,24,26H,3-8H2,1-2H3,(H,18,25)(H,19,20). The van der Waals surface area contributed by atoms with E-state index in [2.05, 4.69) is 30.4 Å². The molecule has 9 nitrogen and oxygen atoms in total. The molecule has 1 fully saturated rings. The van der Waals surface area contributed by atoms with Crippen LogP contribution in [0.2, 0.25) is 5.15 Å². The Kier molecular flexibility index (Phi) is 5.99. The maximum atomic E-state index is 12.3. The number of carbonyl (C=O) groups is 1. The van der Waals surface area contributed by atoms with Gasteiger partial charge in [0.25, 0.3) is 5.91 Å². The minimum atomic E-state index is -1.39. The molecule has 11 heteroatoms. The summed E-state index contributed by atoms with van der Waals surface area (Å²) in [4.78, 5) is 21.4. The van der Waals surface area contributed by atoms with E-state index in [-0.39, 0.29) is 17.8 Å². The lowest BCUT2D eigenvalue weighted by Crippen LogP contribution is -2.45. The van der Waals surface area contributed by atoms with Crippen molar-refractivity contribution < 1.29 is 15.0 Å². The van der Waals surface area contributed by atoms with Crippen molar-refractivity contribution in [3.05, 3.63) is 21.7 Å². The van der Waals surface area contributed by atoms with Gasteiger partial charge in [0.05, 0.1) is 12.3 Å². The minimum Gasteiger partial charge on any atom is -0.393 e. The molecule has 148 valence electrons. The van der Waals surface area contributed by atoms with Crippen LogP contribution in [-0.2, 0) is 12.0 Å². The topological polar surface area (TPSA) is 127 Å². The number of aryl methyl sites for hydroxylation is 1. The van der Waals surface area contributed by atoms with Crippen molar-refractivity contribution in [1.82, 2.24) is 25.5 Å². The molecular formula is C16H23ClN6O3S. The fraction of sp³-hybridized carbons (Fsp3) is 0.625. The van der Waals surface area contributed by atoms with Crippen LogP contribution in [0.3, 0.4) is 0 Å². The number of nitrogens with one attached hydrogen (secondary N) is 2.